The molecule has 10 heavy (non-hydrogen) atoms. The summed E-state index contributed by atoms with van der Waals surface area (Å²) in [5.74, 6) is -0.969. The van der Waals surface area contributed by atoms with Gasteiger partial charge in [0.15, 0.2) is 0 Å². The number of carboxylic acid groups (broad SMARTS) is 1. The average Bonchev–Trinajstić information content (AvgIpc) is 2.14. The highest BCUT2D eigenvalue weighted by Gasteiger charge is 2.26. The molecule has 0 bridgehead atoms. The van der Waals surface area contributed by atoms with E-state index < -0.39 is 12.0 Å². The van der Waals surface area contributed by atoms with Crippen molar-refractivity contribution in [3.8, 4) is 0 Å². The van der Waals surface area contributed by atoms with Gasteiger partial charge in [0, 0.05) is 6.42 Å². The minimum atomic E-state index is -0.944. The number of aliphatic carboxylic acids is 1. The maximum atomic E-state index is 10.4. The van der Waals surface area contributed by atoms with Crippen LogP contribution in [0.5, 0.6) is 0 Å². The van der Waals surface area contributed by atoms with Crippen molar-refractivity contribution < 1.29 is 14.7 Å². The number of Topliss-reactive ketones (excluding diaryl/α,β-unsaturated/α-hetero) is 1. The number of hydrogen-bond acceptors (Lipinski definition) is 3. The van der Waals surface area contributed by atoms with Gasteiger partial charge in [0.1, 0.15) is 11.8 Å². The van der Waals surface area contributed by atoms with E-state index in [1.54, 1.807) is 0 Å². The molecule has 0 saturated carbocycles. The number of rotatable bonds is 1. The largest absolute Gasteiger partial charge is 0.480 e. The summed E-state index contributed by atoms with van der Waals surface area (Å²) < 4.78 is 0. The van der Waals surface area contributed by atoms with E-state index in [-0.39, 0.29) is 35.7 Å². The third kappa shape index (κ3) is 2.07. The predicted octanol–water partition coefficient (Wildman–Crippen LogP) is -0.420. The van der Waals surface area contributed by atoms with E-state index in [2.05, 4.69) is 5.32 Å². The van der Waals surface area contributed by atoms with Gasteiger partial charge in [0.25, 0.3) is 0 Å². The number of carbonyl (C=O) groups is 2. The minimum absolute atomic E-state index is 0. The standard InChI is InChI=1S/C5H7NO3.BrH/c7-3-1-4(5(8)9)6-2-3;/h4,6H,1-2H2,(H,8,9);1H/t4-;/m0./s1. The second kappa shape index (κ2) is 3.68. The van der Waals surface area contributed by atoms with Crippen molar-refractivity contribution in [2.24, 2.45) is 0 Å². The first-order chi connectivity index (χ1) is 4.20. The summed E-state index contributed by atoms with van der Waals surface area (Å²) >= 11 is 0. The van der Waals surface area contributed by atoms with E-state index in [1.165, 1.54) is 0 Å². The highest BCUT2D eigenvalue weighted by Crippen LogP contribution is 2.00. The van der Waals surface area contributed by atoms with Crippen LogP contribution in [-0.2, 0) is 9.59 Å². The molecule has 1 rings (SSSR count). The van der Waals surface area contributed by atoms with Crippen molar-refractivity contribution in [1.82, 2.24) is 5.32 Å². The number of nitrogens with one attached hydrogen (secondary N) is 1. The Hall–Kier alpha value is -0.420. The van der Waals surface area contributed by atoms with E-state index >= 15 is 0 Å². The third-order valence-corrected chi connectivity index (χ3v) is 1.28. The van der Waals surface area contributed by atoms with Crippen LogP contribution in [0, 0.1) is 0 Å². The van der Waals surface area contributed by atoms with Crippen LogP contribution in [0.2, 0.25) is 0 Å². The monoisotopic (exact) mass is 209 g/mol. The van der Waals surface area contributed by atoms with Gasteiger partial charge >= 0.3 is 5.97 Å². The first kappa shape index (κ1) is 9.58. The Balaban J connectivity index is 0.000000810. The summed E-state index contributed by atoms with van der Waals surface area (Å²) in [6.45, 7) is 0.205. The van der Waals surface area contributed by atoms with E-state index in [0.29, 0.717) is 0 Å². The SMILES string of the molecule is Br.O=C1CN[C@H](C(=O)O)C1. The lowest BCUT2D eigenvalue weighted by Gasteiger charge is -1.98. The van der Waals surface area contributed by atoms with Crippen molar-refractivity contribution in [1.29, 1.82) is 0 Å². The van der Waals surface area contributed by atoms with Crippen LogP contribution in [0.25, 0.3) is 0 Å². The molecule has 0 radical (unpaired) electrons. The molecule has 0 aromatic rings. The fraction of sp³-hybridized carbons (Fsp3) is 0.600. The first-order valence-corrected chi connectivity index (χ1v) is 2.68. The maximum Gasteiger partial charge on any atom is 0.321 e. The molecular formula is C5H8BrNO3. The lowest BCUT2D eigenvalue weighted by atomic mass is 10.2. The quantitative estimate of drug-likeness (QED) is 0.616. The molecule has 5 heteroatoms. The molecule has 1 fully saturated rings. The maximum absolute atomic E-state index is 10.4. The van der Waals surface area contributed by atoms with Crippen molar-refractivity contribution in [3.05, 3.63) is 0 Å². The van der Waals surface area contributed by atoms with Crippen molar-refractivity contribution in [3.63, 3.8) is 0 Å². The van der Waals surface area contributed by atoms with Gasteiger partial charge in [-0.15, -0.1) is 17.0 Å². The number of carboxylic acids is 1. The fourth-order valence-electron chi connectivity index (χ4n) is 0.784. The van der Waals surface area contributed by atoms with Crippen LogP contribution in [0.15, 0.2) is 0 Å². The molecular weight excluding hydrogens is 202 g/mol. The number of carbonyl (C=O) groups excluding carboxylic acids is 1. The zero-order valence-electron chi connectivity index (χ0n) is 5.16. The van der Waals surface area contributed by atoms with Crippen LogP contribution in [0.3, 0.4) is 0 Å². The van der Waals surface area contributed by atoms with Gasteiger partial charge in [-0.25, -0.2) is 0 Å². The molecule has 0 aromatic heterocycles. The Labute approximate surface area is 68.4 Å². The number of ketones is 1. The van der Waals surface area contributed by atoms with Gasteiger partial charge in [0.2, 0.25) is 0 Å². The Morgan fingerprint density at radius 3 is 2.50 bits per heavy atom. The van der Waals surface area contributed by atoms with Gasteiger partial charge < -0.3 is 5.11 Å². The van der Waals surface area contributed by atoms with Crippen molar-refractivity contribution in [2.45, 2.75) is 12.5 Å². The molecule has 0 aromatic carbocycles. The fourth-order valence-corrected chi connectivity index (χ4v) is 0.784. The molecule has 2 N–H and O–H groups in total. The lowest BCUT2D eigenvalue weighted by molar-refractivity contribution is -0.139. The van der Waals surface area contributed by atoms with Gasteiger partial charge in [-0.05, 0) is 0 Å². The van der Waals surface area contributed by atoms with Crippen molar-refractivity contribution >= 4 is 28.7 Å². The molecule has 1 heterocycles. The molecule has 0 spiro atoms. The Morgan fingerprint density at radius 1 is 1.70 bits per heavy atom. The van der Waals surface area contributed by atoms with Crippen LogP contribution in [0.1, 0.15) is 6.42 Å². The molecule has 0 unspecified atom stereocenters. The molecule has 4 nitrogen and oxygen atoms in total. The number of hydrogen-bond donors (Lipinski definition) is 2. The van der Waals surface area contributed by atoms with E-state index in [0.717, 1.165) is 0 Å². The van der Waals surface area contributed by atoms with Crippen LogP contribution < -0.4 is 5.32 Å². The zero-order valence-corrected chi connectivity index (χ0v) is 6.88. The first-order valence-electron chi connectivity index (χ1n) is 2.68. The average molecular weight is 210 g/mol. The second-order valence-electron chi connectivity index (χ2n) is 2.01. The Bertz CT molecular complexity index is 159. The Kier molecular flexibility index (Phi) is 3.52. The molecule has 0 aliphatic carbocycles. The number of halogens is 1. The summed E-state index contributed by atoms with van der Waals surface area (Å²) in [6, 6.07) is -0.641. The summed E-state index contributed by atoms with van der Waals surface area (Å²) in [5, 5.41) is 10.9. The van der Waals surface area contributed by atoms with Gasteiger partial charge in [-0.3, -0.25) is 14.9 Å². The Morgan fingerprint density at radius 2 is 2.30 bits per heavy atom. The molecule has 1 aliphatic heterocycles. The summed E-state index contributed by atoms with van der Waals surface area (Å²) in [5.41, 5.74) is 0. The highest BCUT2D eigenvalue weighted by molar-refractivity contribution is 8.93. The minimum Gasteiger partial charge on any atom is -0.480 e. The summed E-state index contributed by atoms with van der Waals surface area (Å²) in [7, 11) is 0. The molecule has 1 aliphatic rings. The lowest BCUT2D eigenvalue weighted by Crippen LogP contribution is -2.29. The van der Waals surface area contributed by atoms with Gasteiger partial charge in [-0.1, -0.05) is 0 Å². The van der Waals surface area contributed by atoms with Gasteiger partial charge in [-0.2, -0.15) is 0 Å². The normalized spacial score (nSPS) is 24.0. The molecule has 58 valence electrons. The smallest absolute Gasteiger partial charge is 0.321 e. The molecule has 1 saturated heterocycles. The molecule has 1 atom stereocenters. The van der Waals surface area contributed by atoms with E-state index in [1.807, 2.05) is 0 Å². The predicted molar refractivity (Wildman–Crippen MR) is 39.4 cm³/mol. The zero-order chi connectivity index (χ0) is 6.85. The summed E-state index contributed by atoms with van der Waals surface area (Å²) in [4.78, 5) is 20.6. The third-order valence-electron chi connectivity index (χ3n) is 1.28. The molecule has 0 amide bonds. The summed E-state index contributed by atoms with van der Waals surface area (Å²) in [6.07, 6.45) is 0.134. The highest BCUT2D eigenvalue weighted by atomic mass is 79.9. The van der Waals surface area contributed by atoms with Crippen molar-refractivity contribution in [2.75, 3.05) is 6.54 Å². The van der Waals surface area contributed by atoms with E-state index in [9.17, 15) is 9.59 Å². The van der Waals surface area contributed by atoms with Gasteiger partial charge in [0.05, 0.1) is 6.54 Å². The van der Waals surface area contributed by atoms with Crippen LogP contribution in [0.4, 0.5) is 0 Å². The van der Waals surface area contributed by atoms with Crippen LogP contribution >= 0.6 is 17.0 Å². The second-order valence-corrected chi connectivity index (χ2v) is 2.01. The van der Waals surface area contributed by atoms with Crippen LogP contribution in [-0.4, -0.2) is 29.4 Å². The van der Waals surface area contributed by atoms with E-state index in [4.69, 9.17) is 5.11 Å². The topological polar surface area (TPSA) is 66.4 Å².